The summed E-state index contributed by atoms with van der Waals surface area (Å²) in [6.07, 6.45) is 1.22. The van der Waals surface area contributed by atoms with E-state index in [0.29, 0.717) is 0 Å². The summed E-state index contributed by atoms with van der Waals surface area (Å²) in [6, 6.07) is 6.69. The SMILES string of the molecule is Cc1ccc(SCCNCCCN(C)C)c(C)c1. The minimum Gasteiger partial charge on any atom is -0.316 e. The Labute approximate surface area is 116 Å². The Morgan fingerprint density at radius 3 is 2.61 bits per heavy atom. The predicted octanol–water partition coefficient (Wildman–Crippen LogP) is 2.94. The van der Waals surface area contributed by atoms with Crippen LogP contribution in [0, 0.1) is 13.8 Å². The van der Waals surface area contributed by atoms with Crippen LogP contribution in [0.3, 0.4) is 0 Å². The van der Waals surface area contributed by atoms with E-state index in [0.717, 1.165) is 25.4 Å². The average molecular weight is 266 g/mol. The van der Waals surface area contributed by atoms with Crippen LogP contribution >= 0.6 is 11.8 Å². The van der Waals surface area contributed by atoms with Gasteiger partial charge in [-0.3, -0.25) is 0 Å². The number of nitrogens with one attached hydrogen (secondary N) is 1. The molecule has 0 radical (unpaired) electrons. The first kappa shape index (κ1) is 15.5. The summed E-state index contributed by atoms with van der Waals surface area (Å²) < 4.78 is 0. The molecule has 102 valence electrons. The lowest BCUT2D eigenvalue weighted by molar-refractivity contribution is 0.396. The van der Waals surface area contributed by atoms with E-state index in [-0.39, 0.29) is 0 Å². The average Bonchev–Trinajstić information content (AvgIpc) is 2.30. The maximum absolute atomic E-state index is 3.49. The van der Waals surface area contributed by atoms with Crippen LogP contribution in [0.4, 0.5) is 0 Å². The molecule has 0 atom stereocenters. The van der Waals surface area contributed by atoms with Crippen molar-refractivity contribution in [3.8, 4) is 0 Å². The minimum atomic E-state index is 1.09. The molecular formula is C15H26N2S. The van der Waals surface area contributed by atoms with E-state index in [9.17, 15) is 0 Å². The van der Waals surface area contributed by atoms with E-state index in [1.54, 1.807) is 0 Å². The van der Waals surface area contributed by atoms with Crippen molar-refractivity contribution in [1.82, 2.24) is 10.2 Å². The molecule has 0 fully saturated rings. The maximum atomic E-state index is 3.49. The molecule has 1 N–H and O–H groups in total. The second kappa shape index (κ2) is 8.57. The topological polar surface area (TPSA) is 15.3 Å². The summed E-state index contributed by atoms with van der Waals surface area (Å²) in [5, 5.41) is 3.49. The Morgan fingerprint density at radius 2 is 1.94 bits per heavy atom. The van der Waals surface area contributed by atoms with Crippen LogP contribution in [-0.4, -0.2) is 44.4 Å². The monoisotopic (exact) mass is 266 g/mol. The van der Waals surface area contributed by atoms with Crippen LogP contribution in [-0.2, 0) is 0 Å². The molecule has 0 aromatic heterocycles. The summed E-state index contributed by atoms with van der Waals surface area (Å²) in [5.41, 5.74) is 2.74. The standard InChI is InChI=1S/C15H26N2S/c1-13-6-7-15(14(2)12-13)18-11-9-16-8-5-10-17(3)4/h6-7,12,16H,5,8-11H2,1-4H3. The fraction of sp³-hybridized carbons (Fsp3) is 0.600. The number of thioether (sulfide) groups is 1. The quantitative estimate of drug-likeness (QED) is 0.575. The second-order valence-electron chi connectivity index (χ2n) is 5.02. The molecular weight excluding hydrogens is 240 g/mol. The zero-order valence-corrected chi connectivity index (χ0v) is 12.9. The molecule has 1 aromatic rings. The molecule has 2 nitrogen and oxygen atoms in total. The molecule has 0 aliphatic carbocycles. The van der Waals surface area contributed by atoms with E-state index in [1.807, 2.05) is 11.8 Å². The molecule has 0 unspecified atom stereocenters. The van der Waals surface area contributed by atoms with E-state index in [1.165, 1.54) is 22.4 Å². The van der Waals surface area contributed by atoms with Gasteiger partial charge >= 0.3 is 0 Å². The lowest BCUT2D eigenvalue weighted by atomic mass is 10.2. The molecule has 18 heavy (non-hydrogen) atoms. The van der Waals surface area contributed by atoms with Crippen LogP contribution in [0.5, 0.6) is 0 Å². The Hall–Kier alpha value is -0.510. The smallest absolute Gasteiger partial charge is 0.0106 e. The van der Waals surface area contributed by atoms with Crippen molar-refractivity contribution >= 4 is 11.8 Å². The van der Waals surface area contributed by atoms with E-state index in [2.05, 4.69) is 56.4 Å². The molecule has 0 aliphatic rings. The summed E-state index contributed by atoms with van der Waals surface area (Å²) >= 11 is 1.95. The van der Waals surface area contributed by atoms with Gasteiger partial charge in [0.25, 0.3) is 0 Å². The van der Waals surface area contributed by atoms with Gasteiger partial charge in [-0.05, 0) is 59.1 Å². The lowest BCUT2D eigenvalue weighted by Crippen LogP contribution is -2.23. The van der Waals surface area contributed by atoms with Gasteiger partial charge in [-0.25, -0.2) is 0 Å². The van der Waals surface area contributed by atoms with Crippen molar-refractivity contribution in [1.29, 1.82) is 0 Å². The first-order valence-electron chi connectivity index (χ1n) is 6.65. The van der Waals surface area contributed by atoms with Gasteiger partial charge in [-0.15, -0.1) is 11.8 Å². The van der Waals surface area contributed by atoms with Crippen LogP contribution in [0.25, 0.3) is 0 Å². The van der Waals surface area contributed by atoms with E-state index >= 15 is 0 Å². The van der Waals surface area contributed by atoms with Crippen molar-refractivity contribution in [2.24, 2.45) is 0 Å². The molecule has 0 heterocycles. The normalized spacial score (nSPS) is 11.2. The highest BCUT2D eigenvalue weighted by Crippen LogP contribution is 2.22. The third kappa shape index (κ3) is 6.43. The fourth-order valence-electron chi connectivity index (χ4n) is 1.84. The van der Waals surface area contributed by atoms with E-state index in [4.69, 9.17) is 0 Å². The van der Waals surface area contributed by atoms with E-state index < -0.39 is 0 Å². The van der Waals surface area contributed by atoms with Gasteiger partial charge in [-0.2, -0.15) is 0 Å². The van der Waals surface area contributed by atoms with Crippen LogP contribution in [0.1, 0.15) is 17.5 Å². The van der Waals surface area contributed by atoms with Crippen molar-refractivity contribution in [3.05, 3.63) is 29.3 Å². The molecule has 1 rings (SSSR count). The van der Waals surface area contributed by atoms with Gasteiger partial charge in [0.1, 0.15) is 0 Å². The van der Waals surface area contributed by atoms with Gasteiger partial charge in [-0.1, -0.05) is 17.7 Å². The summed E-state index contributed by atoms with van der Waals surface area (Å²) in [7, 11) is 4.24. The first-order chi connectivity index (χ1) is 8.59. The van der Waals surface area contributed by atoms with Gasteiger partial charge in [0.15, 0.2) is 0 Å². The number of benzene rings is 1. The van der Waals surface area contributed by atoms with Crippen molar-refractivity contribution in [2.75, 3.05) is 39.5 Å². The minimum absolute atomic E-state index is 1.09. The molecule has 0 spiro atoms. The molecule has 0 aliphatic heterocycles. The number of rotatable bonds is 8. The highest BCUT2D eigenvalue weighted by Gasteiger charge is 1.99. The zero-order valence-electron chi connectivity index (χ0n) is 12.1. The molecule has 0 amide bonds. The second-order valence-corrected chi connectivity index (χ2v) is 6.16. The fourth-order valence-corrected chi connectivity index (χ4v) is 2.76. The molecule has 1 aromatic carbocycles. The van der Waals surface area contributed by atoms with Gasteiger partial charge < -0.3 is 10.2 Å². The van der Waals surface area contributed by atoms with Crippen LogP contribution < -0.4 is 5.32 Å². The van der Waals surface area contributed by atoms with Crippen molar-refractivity contribution < 1.29 is 0 Å². The Morgan fingerprint density at radius 1 is 1.17 bits per heavy atom. The number of aryl methyl sites for hydroxylation is 2. The molecule has 0 bridgehead atoms. The zero-order chi connectivity index (χ0) is 13.4. The highest BCUT2D eigenvalue weighted by molar-refractivity contribution is 7.99. The lowest BCUT2D eigenvalue weighted by Gasteiger charge is -2.10. The first-order valence-corrected chi connectivity index (χ1v) is 7.63. The van der Waals surface area contributed by atoms with Crippen molar-refractivity contribution in [3.63, 3.8) is 0 Å². The largest absolute Gasteiger partial charge is 0.316 e. The number of hydrogen-bond acceptors (Lipinski definition) is 3. The molecule has 0 saturated heterocycles. The molecule has 0 saturated carbocycles. The Kier molecular flexibility index (Phi) is 7.40. The Balaban J connectivity index is 2.11. The van der Waals surface area contributed by atoms with Gasteiger partial charge in [0.05, 0.1) is 0 Å². The maximum Gasteiger partial charge on any atom is 0.0106 e. The highest BCUT2D eigenvalue weighted by atomic mass is 32.2. The van der Waals surface area contributed by atoms with Crippen LogP contribution in [0.15, 0.2) is 23.1 Å². The van der Waals surface area contributed by atoms with Crippen LogP contribution in [0.2, 0.25) is 0 Å². The van der Waals surface area contributed by atoms with Gasteiger partial charge in [0, 0.05) is 17.2 Å². The summed E-state index contributed by atoms with van der Waals surface area (Å²) in [5.74, 6) is 1.14. The summed E-state index contributed by atoms with van der Waals surface area (Å²) in [4.78, 5) is 3.64. The third-order valence-electron chi connectivity index (χ3n) is 2.83. The predicted molar refractivity (Wildman–Crippen MR) is 82.7 cm³/mol. The van der Waals surface area contributed by atoms with Gasteiger partial charge in [0.2, 0.25) is 0 Å². The number of hydrogen-bond donors (Lipinski definition) is 1. The number of nitrogens with zero attached hydrogens (tertiary/aromatic N) is 1. The molecule has 3 heteroatoms. The van der Waals surface area contributed by atoms with Crippen molar-refractivity contribution in [2.45, 2.75) is 25.2 Å². The summed E-state index contributed by atoms with van der Waals surface area (Å²) in [6.45, 7) is 7.71. The third-order valence-corrected chi connectivity index (χ3v) is 4.00. The Bertz CT molecular complexity index is 350.